The molecule has 1 aromatic carbocycles. The molecule has 0 radical (unpaired) electrons. The molecule has 0 saturated carbocycles. The molecule has 1 unspecified atom stereocenters. The minimum atomic E-state index is -0.116. The van der Waals surface area contributed by atoms with Gasteiger partial charge in [-0.2, -0.15) is 0 Å². The Balaban J connectivity index is 1.89. The van der Waals surface area contributed by atoms with Gasteiger partial charge in [0.25, 0.3) is 5.91 Å². The van der Waals surface area contributed by atoms with Crippen LogP contribution in [0.25, 0.3) is 11.0 Å². The summed E-state index contributed by atoms with van der Waals surface area (Å²) >= 11 is 0. The van der Waals surface area contributed by atoms with E-state index < -0.39 is 0 Å². The zero-order valence-corrected chi connectivity index (χ0v) is 10.5. The number of para-hydroxylation sites is 1. The SMILES string of the molecule is NCC1COCCN1C(=O)c1cc2ccccc2o1. The topological polar surface area (TPSA) is 68.7 Å². The third kappa shape index (κ3) is 2.22. The number of hydrogen-bond donors (Lipinski definition) is 1. The number of ether oxygens (including phenoxy) is 1. The van der Waals surface area contributed by atoms with Crippen LogP contribution in [0.15, 0.2) is 34.7 Å². The molecule has 0 bridgehead atoms. The van der Waals surface area contributed by atoms with Crippen LogP contribution in [0.3, 0.4) is 0 Å². The maximum atomic E-state index is 12.5. The zero-order chi connectivity index (χ0) is 13.2. The number of fused-ring (bicyclic) bond motifs is 1. The van der Waals surface area contributed by atoms with Gasteiger partial charge in [0.2, 0.25) is 0 Å². The van der Waals surface area contributed by atoms with Crippen molar-refractivity contribution in [2.24, 2.45) is 5.73 Å². The molecule has 2 heterocycles. The Kier molecular flexibility index (Phi) is 3.23. The molecule has 1 saturated heterocycles. The third-order valence-electron chi connectivity index (χ3n) is 3.40. The minimum Gasteiger partial charge on any atom is -0.451 e. The molecule has 2 aromatic rings. The van der Waals surface area contributed by atoms with Crippen LogP contribution in [0.5, 0.6) is 0 Å². The van der Waals surface area contributed by atoms with Crippen molar-refractivity contribution in [3.8, 4) is 0 Å². The van der Waals surface area contributed by atoms with Crippen molar-refractivity contribution < 1.29 is 13.9 Å². The van der Waals surface area contributed by atoms with Crippen LogP contribution in [0.4, 0.5) is 0 Å². The Hall–Kier alpha value is -1.85. The highest BCUT2D eigenvalue weighted by atomic mass is 16.5. The molecule has 1 amide bonds. The number of furan rings is 1. The number of rotatable bonds is 2. The van der Waals surface area contributed by atoms with Crippen LogP contribution in [0, 0.1) is 0 Å². The van der Waals surface area contributed by atoms with Gasteiger partial charge < -0.3 is 19.8 Å². The molecule has 19 heavy (non-hydrogen) atoms. The molecular weight excluding hydrogens is 244 g/mol. The predicted molar refractivity (Wildman–Crippen MR) is 70.9 cm³/mol. The van der Waals surface area contributed by atoms with Crippen LogP contribution in [0.2, 0.25) is 0 Å². The third-order valence-corrected chi connectivity index (χ3v) is 3.40. The highest BCUT2D eigenvalue weighted by Gasteiger charge is 2.28. The zero-order valence-electron chi connectivity index (χ0n) is 10.5. The van der Waals surface area contributed by atoms with Crippen LogP contribution in [-0.4, -0.2) is 43.2 Å². The highest BCUT2D eigenvalue weighted by molar-refractivity contribution is 5.96. The van der Waals surface area contributed by atoms with Crippen molar-refractivity contribution in [2.75, 3.05) is 26.3 Å². The normalized spacial score (nSPS) is 19.8. The molecule has 5 heteroatoms. The summed E-state index contributed by atoms with van der Waals surface area (Å²) in [5.41, 5.74) is 6.41. The molecule has 5 nitrogen and oxygen atoms in total. The van der Waals surface area contributed by atoms with Gasteiger partial charge in [0.15, 0.2) is 5.76 Å². The molecule has 1 aromatic heterocycles. The lowest BCUT2D eigenvalue weighted by atomic mass is 10.2. The summed E-state index contributed by atoms with van der Waals surface area (Å²) in [7, 11) is 0. The van der Waals surface area contributed by atoms with Gasteiger partial charge in [0.1, 0.15) is 5.58 Å². The number of carbonyl (C=O) groups is 1. The molecule has 100 valence electrons. The summed E-state index contributed by atoms with van der Waals surface area (Å²) in [4.78, 5) is 14.2. The number of morpholine rings is 1. The molecule has 1 atom stereocenters. The smallest absolute Gasteiger partial charge is 0.290 e. The van der Waals surface area contributed by atoms with Crippen molar-refractivity contribution in [3.63, 3.8) is 0 Å². The van der Waals surface area contributed by atoms with E-state index in [0.29, 0.717) is 32.1 Å². The fraction of sp³-hybridized carbons (Fsp3) is 0.357. The lowest BCUT2D eigenvalue weighted by molar-refractivity contribution is -0.000638. The monoisotopic (exact) mass is 260 g/mol. The number of benzene rings is 1. The first kappa shape index (κ1) is 12.2. The molecule has 1 fully saturated rings. The van der Waals surface area contributed by atoms with Gasteiger partial charge >= 0.3 is 0 Å². The summed E-state index contributed by atoms with van der Waals surface area (Å²) in [6.07, 6.45) is 0. The first-order valence-corrected chi connectivity index (χ1v) is 6.37. The van der Waals surface area contributed by atoms with E-state index in [4.69, 9.17) is 14.9 Å². The summed E-state index contributed by atoms with van der Waals surface area (Å²) in [6.45, 7) is 1.98. The molecule has 1 aliphatic rings. The van der Waals surface area contributed by atoms with Crippen LogP contribution in [-0.2, 0) is 4.74 Å². The van der Waals surface area contributed by atoms with Crippen LogP contribution in [0.1, 0.15) is 10.6 Å². The van der Waals surface area contributed by atoms with Crippen molar-refractivity contribution in [1.82, 2.24) is 4.90 Å². The second-order valence-corrected chi connectivity index (χ2v) is 4.61. The Morgan fingerprint density at radius 3 is 3.05 bits per heavy atom. The van der Waals surface area contributed by atoms with E-state index >= 15 is 0 Å². The van der Waals surface area contributed by atoms with Crippen molar-refractivity contribution >= 4 is 16.9 Å². The van der Waals surface area contributed by atoms with Gasteiger partial charge in [-0.15, -0.1) is 0 Å². The first-order valence-electron chi connectivity index (χ1n) is 6.37. The van der Waals surface area contributed by atoms with Crippen LogP contribution >= 0.6 is 0 Å². The van der Waals surface area contributed by atoms with Crippen molar-refractivity contribution in [2.45, 2.75) is 6.04 Å². The average molecular weight is 260 g/mol. The Bertz CT molecular complexity index is 560. The Morgan fingerprint density at radius 2 is 2.26 bits per heavy atom. The Morgan fingerprint density at radius 1 is 1.42 bits per heavy atom. The molecule has 0 spiro atoms. The van der Waals surface area contributed by atoms with E-state index in [1.54, 1.807) is 11.0 Å². The fourth-order valence-electron chi connectivity index (χ4n) is 2.35. The summed E-state index contributed by atoms with van der Waals surface area (Å²) in [5.74, 6) is 0.247. The minimum absolute atomic E-state index is 0.0746. The van der Waals surface area contributed by atoms with E-state index in [1.165, 1.54) is 0 Å². The van der Waals surface area contributed by atoms with Crippen molar-refractivity contribution in [1.29, 1.82) is 0 Å². The molecular formula is C14H16N2O3. The van der Waals surface area contributed by atoms with Crippen LogP contribution < -0.4 is 5.73 Å². The van der Waals surface area contributed by atoms with E-state index in [1.807, 2.05) is 24.3 Å². The Labute approximate surface area is 110 Å². The van der Waals surface area contributed by atoms with Gasteiger partial charge in [-0.1, -0.05) is 18.2 Å². The molecule has 3 rings (SSSR count). The second-order valence-electron chi connectivity index (χ2n) is 4.61. The molecule has 1 aliphatic heterocycles. The predicted octanol–water partition coefficient (Wildman–Crippen LogP) is 1.23. The maximum absolute atomic E-state index is 12.5. The highest BCUT2D eigenvalue weighted by Crippen LogP contribution is 2.21. The standard InChI is InChI=1S/C14H16N2O3/c15-8-11-9-18-6-5-16(11)14(17)13-7-10-3-1-2-4-12(10)19-13/h1-4,7,11H,5-6,8-9,15H2. The number of carbonyl (C=O) groups excluding carboxylic acids is 1. The summed E-state index contributed by atoms with van der Waals surface area (Å²) in [5, 5.41) is 0.934. The van der Waals surface area contributed by atoms with Gasteiger partial charge in [0, 0.05) is 18.5 Å². The van der Waals surface area contributed by atoms with Gasteiger partial charge in [-0.25, -0.2) is 0 Å². The summed E-state index contributed by atoms with van der Waals surface area (Å²) in [6, 6.07) is 9.29. The number of nitrogens with zero attached hydrogens (tertiary/aromatic N) is 1. The van der Waals surface area contributed by atoms with E-state index in [9.17, 15) is 4.79 Å². The number of hydrogen-bond acceptors (Lipinski definition) is 4. The maximum Gasteiger partial charge on any atom is 0.290 e. The van der Waals surface area contributed by atoms with E-state index in [-0.39, 0.29) is 11.9 Å². The number of amides is 1. The fourth-order valence-corrected chi connectivity index (χ4v) is 2.35. The lowest BCUT2D eigenvalue weighted by Gasteiger charge is -2.34. The average Bonchev–Trinajstić information content (AvgIpc) is 2.90. The van der Waals surface area contributed by atoms with Gasteiger partial charge in [-0.3, -0.25) is 4.79 Å². The lowest BCUT2D eigenvalue weighted by Crippen LogP contribution is -2.51. The first-order chi connectivity index (χ1) is 9.29. The largest absolute Gasteiger partial charge is 0.451 e. The van der Waals surface area contributed by atoms with Gasteiger partial charge in [-0.05, 0) is 12.1 Å². The summed E-state index contributed by atoms with van der Waals surface area (Å²) < 4.78 is 10.9. The van der Waals surface area contributed by atoms with Gasteiger partial charge in [0.05, 0.1) is 19.3 Å². The molecule has 2 N–H and O–H groups in total. The second kappa shape index (κ2) is 5.03. The van der Waals surface area contributed by atoms with E-state index in [0.717, 1.165) is 11.0 Å². The number of nitrogens with two attached hydrogens (primary N) is 1. The van der Waals surface area contributed by atoms with Crippen molar-refractivity contribution in [3.05, 3.63) is 36.1 Å². The molecule has 0 aliphatic carbocycles. The quantitative estimate of drug-likeness (QED) is 0.881. The van der Waals surface area contributed by atoms with E-state index in [2.05, 4.69) is 0 Å².